The van der Waals surface area contributed by atoms with E-state index in [0.29, 0.717) is 6.54 Å². The predicted octanol–water partition coefficient (Wildman–Crippen LogP) is 4.98. The van der Waals surface area contributed by atoms with Crippen molar-refractivity contribution in [2.45, 2.75) is 53.1 Å². The normalized spacial score (nSPS) is 12.0. The van der Waals surface area contributed by atoms with Gasteiger partial charge in [0.1, 0.15) is 0 Å². The van der Waals surface area contributed by atoms with Crippen LogP contribution in [0.25, 0.3) is 0 Å². The molecule has 27 heavy (non-hydrogen) atoms. The van der Waals surface area contributed by atoms with Crippen molar-refractivity contribution in [3.05, 3.63) is 65.7 Å². The lowest BCUT2D eigenvalue weighted by Crippen LogP contribution is -2.37. The molecular weight excluding hydrogens is 332 g/mol. The number of benzene rings is 2. The number of carbonyl (C=O) groups excluding carboxylic acids is 1. The van der Waals surface area contributed by atoms with Crippen LogP contribution in [-0.4, -0.2) is 11.9 Å². The largest absolute Gasteiger partial charge is 0.325 e. The summed E-state index contributed by atoms with van der Waals surface area (Å²) in [4.78, 5) is 12.3. The van der Waals surface area contributed by atoms with Gasteiger partial charge in [-0.3, -0.25) is 4.79 Å². The fourth-order valence-electron chi connectivity index (χ4n) is 2.78. The van der Waals surface area contributed by atoms with Crippen molar-refractivity contribution in [2.75, 3.05) is 5.32 Å². The van der Waals surface area contributed by atoms with E-state index in [9.17, 15) is 4.79 Å². The fourth-order valence-corrected chi connectivity index (χ4v) is 2.78. The number of hydrogen-bond acceptors (Lipinski definition) is 2. The summed E-state index contributed by atoms with van der Waals surface area (Å²) in [6, 6.07) is 17.5. The second-order valence-corrected chi connectivity index (χ2v) is 7.54. The number of carbonyl (C=O) groups is 1. The molecule has 0 aromatic heterocycles. The standard InChI is InChI=1S/C24H30N2O/c1-5-16-24(3,4)17-15-20-11-13-22(14-12-20)26-23(27)19(2)25-18-21-9-7-6-8-10-21/h6-14,19,25H,5,16,18H2,1-4H3,(H,26,27). The van der Waals surface area contributed by atoms with E-state index in [1.807, 2.05) is 61.5 Å². The van der Waals surface area contributed by atoms with E-state index in [1.54, 1.807) is 0 Å². The minimum Gasteiger partial charge on any atom is -0.325 e. The van der Waals surface area contributed by atoms with Crippen molar-refractivity contribution in [1.29, 1.82) is 0 Å². The van der Waals surface area contributed by atoms with Crippen LogP contribution in [0, 0.1) is 17.3 Å². The van der Waals surface area contributed by atoms with Gasteiger partial charge in [0.15, 0.2) is 0 Å². The Bertz CT molecular complexity index is 783. The number of rotatable bonds is 7. The monoisotopic (exact) mass is 362 g/mol. The molecule has 0 radical (unpaired) electrons. The molecule has 1 unspecified atom stereocenters. The zero-order valence-corrected chi connectivity index (χ0v) is 16.8. The predicted molar refractivity (Wildman–Crippen MR) is 113 cm³/mol. The second-order valence-electron chi connectivity index (χ2n) is 7.54. The number of hydrogen-bond donors (Lipinski definition) is 2. The van der Waals surface area contributed by atoms with E-state index in [1.165, 1.54) is 0 Å². The summed E-state index contributed by atoms with van der Waals surface area (Å²) in [5.41, 5.74) is 2.94. The van der Waals surface area contributed by atoms with Crippen LogP contribution in [0.15, 0.2) is 54.6 Å². The molecule has 0 saturated heterocycles. The van der Waals surface area contributed by atoms with E-state index >= 15 is 0 Å². The highest BCUT2D eigenvalue weighted by atomic mass is 16.2. The minimum atomic E-state index is -0.278. The van der Waals surface area contributed by atoms with Gasteiger partial charge >= 0.3 is 0 Å². The lowest BCUT2D eigenvalue weighted by molar-refractivity contribution is -0.117. The van der Waals surface area contributed by atoms with Crippen molar-refractivity contribution in [2.24, 2.45) is 5.41 Å². The molecule has 142 valence electrons. The van der Waals surface area contributed by atoms with Crippen LogP contribution in [0.2, 0.25) is 0 Å². The Morgan fingerprint density at radius 3 is 2.37 bits per heavy atom. The molecule has 3 heteroatoms. The molecule has 1 amide bonds. The van der Waals surface area contributed by atoms with Gasteiger partial charge in [-0.25, -0.2) is 0 Å². The van der Waals surface area contributed by atoms with Crippen LogP contribution >= 0.6 is 0 Å². The van der Waals surface area contributed by atoms with E-state index in [-0.39, 0.29) is 17.4 Å². The van der Waals surface area contributed by atoms with Crippen LogP contribution < -0.4 is 10.6 Å². The third-order valence-electron chi connectivity index (χ3n) is 4.42. The van der Waals surface area contributed by atoms with Gasteiger partial charge in [0.2, 0.25) is 5.91 Å². The molecule has 0 bridgehead atoms. The average molecular weight is 363 g/mol. The van der Waals surface area contributed by atoms with Gasteiger partial charge in [-0.1, -0.05) is 55.5 Å². The topological polar surface area (TPSA) is 41.1 Å². The second kappa shape index (κ2) is 9.94. The number of anilines is 1. The summed E-state index contributed by atoms with van der Waals surface area (Å²) in [6.07, 6.45) is 2.21. The summed E-state index contributed by atoms with van der Waals surface area (Å²) in [5.74, 6) is 6.53. The Labute approximate surface area is 163 Å². The SMILES string of the molecule is CCCC(C)(C)C#Cc1ccc(NC(=O)C(C)NCc2ccccc2)cc1. The Morgan fingerprint density at radius 2 is 1.74 bits per heavy atom. The summed E-state index contributed by atoms with van der Waals surface area (Å²) in [5, 5.41) is 6.19. The third kappa shape index (κ3) is 7.29. The van der Waals surface area contributed by atoms with Crippen LogP contribution in [0.5, 0.6) is 0 Å². The maximum atomic E-state index is 12.3. The van der Waals surface area contributed by atoms with Gasteiger partial charge in [-0.2, -0.15) is 0 Å². The van der Waals surface area contributed by atoms with E-state index < -0.39 is 0 Å². The minimum absolute atomic E-state index is 0.0293. The van der Waals surface area contributed by atoms with Crippen molar-refractivity contribution < 1.29 is 4.79 Å². The molecule has 0 heterocycles. The molecular formula is C24H30N2O. The first kappa shape index (κ1) is 20.7. The van der Waals surface area contributed by atoms with Gasteiger partial charge in [-0.05, 0) is 57.0 Å². The lowest BCUT2D eigenvalue weighted by atomic mass is 9.89. The molecule has 2 aromatic carbocycles. The third-order valence-corrected chi connectivity index (χ3v) is 4.42. The van der Waals surface area contributed by atoms with Crippen LogP contribution in [0.1, 0.15) is 51.7 Å². The quantitative estimate of drug-likeness (QED) is 0.682. The summed E-state index contributed by atoms with van der Waals surface area (Å²) < 4.78 is 0. The van der Waals surface area contributed by atoms with Crippen LogP contribution in [-0.2, 0) is 11.3 Å². The lowest BCUT2D eigenvalue weighted by Gasteiger charge is -2.15. The van der Waals surface area contributed by atoms with Crippen molar-refractivity contribution in [3.63, 3.8) is 0 Å². The summed E-state index contributed by atoms with van der Waals surface area (Å²) in [7, 11) is 0. The zero-order chi connectivity index (χ0) is 19.7. The molecule has 0 aliphatic carbocycles. The van der Waals surface area contributed by atoms with Gasteiger partial charge in [0, 0.05) is 23.2 Å². The molecule has 2 N–H and O–H groups in total. The van der Waals surface area contributed by atoms with Crippen molar-refractivity contribution >= 4 is 11.6 Å². The average Bonchev–Trinajstić information content (AvgIpc) is 2.66. The van der Waals surface area contributed by atoms with Crippen molar-refractivity contribution in [1.82, 2.24) is 5.32 Å². The maximum absolute atomic E-state index is 12.3. The van der Waals surface area contributed by atoms with E-state index in [4.69, 9.17) is 0 Å². The van der Waals surface area contributed by atoms with Crippen molar-refractivity contribution in [3.8, 4) is 11.8 Å². The molecule has 1 atom stereocenters. The highest BCUT2D eigenvalue weighted by Crippen LogP contribution is 2.21. The highest BCUT2D eigenvalue weighted by molar-refractivity contribution is 5.94. The van der Waals surface area contributed by atoms with Gasteiger partial charge in [0.05, 0.1) is 6.04 Å². The first-order valence-corrected chi connectivity index (χ1v) is 9.61. The molecule has 2 aromatic rings. The smallest absolute Gasteiger partial charge is 0.241 e. The van der Waals surface area contributed by atoms with Crippen LogP contribution in [0.3, 0.4) is 0 Å². The summed E-state index contributed by atoms with van der Waals surface area (Å²) in [6.45, 7) is 9.05. The van der Waals surface area contributed by atoms with Gasteiger partial charge in [0.25, 0.3) is 0 Å². The Morgan fingerprint density at radius 1 is 1.07 bits per heavy atom. The fraction of sp³-hybridized carbons (Fsp3) is 0.375. The number of nitrogens with one attached hydrogen (secondary N) is 2. The zero-order valence-electron chi connectivity index (χ0n) is 16.8. The highest BCUT2D eigenvalue weighted by Gasteiger charge is 2.13. The molecule has 0 fully saturated rings. The van der Waals surface area contributed by atoms with E-state index in [2.05, 4.69) is 43.2 Å². The maximum Gasteiger partial charge on any atom is 0.241 e. The molecule has 0 spiro atoms. The molecule has 0 saturated carbocycles. The van der Waals surface area contributed by atoms with Gasteiger partial charge < -0.3 is 10.6 Å². The first-order valence-electron chi connectivity index (χ1n) is 9.61. The molecule has 0 aliphatic rings. The molecule has 0 aliphatic heterocycles. The number of amides is 1. The Balaban J connectivity index is 1.88. The Hall–Kier alpha value is -2.57. The van der Waals surface area contributed by atoms with Crippen LogP contribution in [0.4, 0.5) is 5.69 Å². The molecule has 3 nitrogen and oxygen atoms in total. The first-order chi connectivity index (χ1) is 12.9. The van der Waals surface area contributed by atoms with E-state index in [0.717, 1.165) is 29.7 Å². The van der Waals surface area contributed by atoms with Gasteiger partial charge in [-0.15, -0.1) is 0 Å². The summed E-state index contributed by atoms with van der Waals surface area (Å²) >= 11 is 0. The molecule has 2 rings (SSSR count). The Kier molecular flexibility index (Phi) is 7.64.